The molecule has 1 aliphatic rings. The minimum Gasteiger partial charge on any atom is -0.497 e. The third kappa shape index (κ3) is 5.19. The van der Waals surface area contributed by atoms with Gasteiger partial charge < -0.3 is 14.7 Å². The van der Waals surface area contributed by atoms with Gasteiger partial charge >= 0.3 is 6.09 Å². The van der Waals surface area contributed by atoms with Crippen LogP contribution in [0.15, 0.2) is 42.5 Å². The van der Waals surface area contributed by atoms with Gasteiger partial charge in [0.1, 0.15) is 5.75 Å². The molecule has 0 spiro atoms. The number of piperidine rings is 1. The van der Waals surface area contributed by atoms with Crippen molar-refractivity contribution < 1.29 is 14.6 Å². The van der Waals surface area contributed by atoms with Crippen molar-refractivity contribution in [1.29, 1.82) is 5.26 Å². The Bertz CT molecular complexity index is 954. The quantitative estimate of drug-likeness (QED) is 0.685. The molecule has 1 saturated heterocycles. The number of hydrogen-bond donors (Lipinski definition) is 1. The third-order valence-electron chi connectivity index (χ3n) is 6.35. The van der Waals surface area contributed by atoms with E-state index in [-0.39, 0.29) is 11.3 Å². The summed E-state index contributed by atoms with van der Waals surface area (Å²) in [7, 11) is 1.66. The van der Waals surface area contributed by atoms with Crippen molar-refractivity contribution in [2.24, 2.45) is 5.92 Å². The van der Waals surface area contributed by atoms with Crippen LogP contribution in [-0.4, -0.2) is 36.3 Å². The van der Waals surface area contributed by atoms with E-state index in [0.717, 1.165) is 36.1 Å². The fourth-order valence-electron chi connectivity index (χ4n) is 4.92. The first-order chi connectivity index (χ1) is 14.7. The molecule has 0 saturated carbocycles. The summed E-state index contributed by atoms with van der Waals surface area (Å²) in [6, 6.07) is 16.5. The maximum atomic E-state index is 11.6. The Balaban J connectivity index is 1.87. The predicted octanol–water partition coefficient (Wildman–Crippen LogP) is 5.58. The van der Waals surface area contributed by atoms with Crippen molar-refractivity contribution in [3.05, 3.63) is 64.7 Å². The van der Waals surface area contributed by atoms with Crippen LogP contribution in [0, 0.1) is 17.2 Å². The molecule has 5 nitrogen and oxygen atoms in total. The van der Waals surface area contributed by atoms with Gasteiger partial charge in [-0.15, -0.1) is 0 Å². The summed E-state index contributed by atoms with van der Waals surface area (Å²) in [4.78, 5) is 13.2. The van der Waals surface area contributed by atoms with Crippen molar-refractivity contribution >= 4 is 6.09 Å². The Morgan fingerprint density at radius 3 is 2.52 bits per heavy atom. The Morgan fingerprint density at radius 1 is 1.23 bits per heavy atom. The average molecular weight is 421 g/mol. The third-order valence-corrected chi connectivity index (χ3v) is 6.35. The van der Waals surface area contributed by atoms with E-state index < -0.39 is 6.09 Å². The van der Waals surface area contributed by atoms with Gasteiger partial charge in [0, 0.05) is 13.1 Å². The summed E-state index contributed by atoms with van der Waals surface area (Å²) in [5.41, 5.74) is 4.12. The Labute approximate surface area is 185 Å². The lowest BCUT2D eigenvalue weighted by Gasteiger charge is -2.38. The molecule has 2 atom stereocenters. The molecule has 1 N–H and O–H groups in total. The van der Waals surface area contributed by atoms with Crippen molar-refractivity contribution in [1.82, 2.24) is 4.90 Å². The second kappa shape index (κ2) is 9.43. The van der Waals surface area contributed by atoms with Gasteiger partial charge in [-0.3, -0.25) is 0 Å². The van der Waals surface area contributed by atoms with E-state index in [9.17, 15) is 15.2 Å². The lowest BCUT2D eigenvalue weighted by atomic mass is 9.75. The molecule has 1 amide bonds. The largest absolute Gasteiger partial charge is 0.497 e. The highest BCUT2D eigenvalue weighted by Crippen LogP contribution is 2.38. The number of likely N-dealkylation sites (tertiary alicyclic amines) is 1. The van der Waals surface area contributed by atoms with Crippen LogP contribution in [0.5, 0.6) is 5.75 Å². The molecule has 5 heteroatoms. The van der Waals surface area contributed by atoms with Crippen LogP contribution in [0.2, 0.25) is 0 Å². The van der Waals surface area contributed by atoms with Crippen molar-refractivity contribution in [3.8, 4) is 11.8 Å². The predicted molar refractivity (Wildman–Crippen MR) is 122 cm³/mol. The molecular formula is C26H32N2O3. The Hall–Kier alpha value is -3.00. The number of methoxy groups -OCH3 is 1. The van der Waals surface area contributed by atoms with E-state index in [1.807, 2.05) is 24.3 Å². The Kier molecular flexibility index (Phi) is 6.90. The van der Waals surface area contributed by atoms with E-state index in [1.165, 1.54) is 11.1 Å². The van der Waals surface area contributed by atoms with Crippen molar-refractivity contribution in [2.75, 3.05) is 20.2 Å². The van der Waals surface area contributed by atoms with Gasteiger partial charge in [-0.2, -0.15) is 5.26 Å². The monoisotopic (exact) mass is 420 g/mol. The molecule has 1 fully saturated rings. The normalized spacial score (nSPS) is 19.0. The van der Waals surface area contributed by atoms with Crippen LogP contribution in [0.3, 0.4) is 0 Å². The molecule has 0 aromatic heterocycles. The van der Waals surface area contributed by atoms with Crippen LogP contribution in [-0.2, 0) is 11.8 Å². The number of carbonyl (C=O) groups is 1. The molecule has 0 radical (unpaired) electrons. The molecule has 1 heterocycles. The lowest BCUT2D eigenvalue weighted by Crippen LogP contribution is -2.42. The summed E-state index contributed by atoms with van der Waals surface area (Å²) in [6.45, 7) is 7.51. The van der Waals surface area contributed by atoms with Gasteiger partial charge in [0.05, 0.1) is 18.7 Å². The van der Waals surface area contributed by atoms with E-state index in [4.69, 9.17) is 4.74 Å². The fourth-order valence-corrected chi connectivity index (χ4v) is 4.92. The van der Waals surface area contributed by atoms with Crippen LogP contribution in [0.1, 0.15) is 61.8 Å². The molecule has 2 aromatic rings. The minimum absolute atomic E-state index is 0.128. The summed E-state index contributed by atoms with van der Waals surface area (Å²) in [5.74, 6) is 1.35. The molecule has 1 aliphatic heterocycles. The highest BCUT2D eigenvalue weighted by Gasteiger charge is 2.32. The first kappa shape index (κ1) is 22.7. The molecule has 3 rings (SSSR count). The van der Waals surface area contributed by atoms with Gasteiger partial charge in [-0.1, -0.05) is 45.0 Å². The van der Waals surface area contributed by atoms with Crippen LogP contribution >= 0.6 is 0 Å². The number of ether oxygens (including phenoxy) is 1. The molecule has 31 heavy (non-hydrogen) atoms. The van der Waals surface area contributed by atoms with Gasteiger partial charge in [0.2, 0.25) is 0 Å². The molecule has 0 bridgehead atoms. The van der Waals surface area contributed by atoms with E-state index in [1.54, 1.807) is 12.0 Å². The van der Waals surface area contributed by atoms with Crippen LogP contribution in [0.25, 0.3) is 0 Å². The van der Waals surface area contributed by atoms with E-state index >= 15 is 0 Å². The zero-order chi connectivity index (χ0) is 22.6. The smallest absolute Gasteiger partial charge is 0.407 e. The van der Waals surface area contributed by atoms with Crippen molar-refractivity contribution in [3.63, 3.8) is 0 Å². The first-order valence-corrected chi connectivity index (χ1v) is 10.9. The molecular weight excluding hydrogens is 388 g/mol. The molecule has 164 valence electrons. The molecule has 2 aromatic carbocycles. The number of nitriles is 1. The SMILES string of the molecule is COc1ccc(C2CCN(C(=O)O)CC2CCc2cccc(C#N)c2C(C)(C)C)cc1. The Morgan fingerprint density at radius 2 is 1.94 bits per heavy atom. The molecule has 2 unspecified atom stereocenters. The minimum atomic E-state index is -0.847. The topological polar surface area (TPSA) is 73.6 Å². The summed E-state index contributed by atoms with van der Waals surface area (Å²) >= 11 is 0. The maximum Gasteiger partial charge on any atom is 0.407 e. The highest BCUT2D eigenvalue weighted by atomic mass is 16.5. The average Bonchev–Trinajstić information content (AvgIpc) is 2.76. The van der Waals surface area contributed by atoms with Crippen molar-refractivity contribution in [2.45, 2.75) is 51.4 Å². The number of aryl methyl sites for hydroxylation is 1. The summed E-state index contributed by atoms with van der Waals surface area (Å²) in [6.07, 6.45) is 1.67. The number of amides is 1. The number of nitrogens with zero attached hydrogens (tertiary/aromatic N) is 2. The zero-order valence-electron chi connectivity index (χ0n) is 18.9. The molecule has 0 aliphatic carbocycles. The zero-order valence-corrected chi connectivity index (χ0v) is 18.9. The highest BCUT2D eigenvalue weighted by molar-refractivity contribution is 5.65. The summed E-state index contributed by atoms with van der Waals surface area (Å²) < 4.78 is 5.29. The standard InChI is InChI=1S/C26H32N2O3/c1-26(2,3)24-19(6-5-7-20(24)16-27)8-9-21-17-28(25(29)30)15-14-23(21)18-10-12-22(31-4)13-11-18/h5-7,10-13,21,23H,8-9,14-15,17H2,1-4H3,(H,29,30). The van der Waals surface area contributed by atoms with E-state index in [0.29, 0.717) is 19.0 Å². The number of benzene rings is 2. The van der Waals surface area contributed by atoms with Gasteiger partial charge in [0.25, 0.3) is 0 Å². The number of rotatable bonds is 5. The fraction of sp³-hybridized carbons (Fsp3) is 0.462. The van der Waals surface area contributed by atoms with Gasteiger partial charge in [-0.25, -0.2) is 4.79 Å². The maximum absolute atomic E-state index is 11.6. The number of carboxylic acid groups (broad SMARTS) is 1. The second-order valence-corrected chi connectivity index (χ2v) is 9.40. The van der Waals surface area contributed by atoms with E-state index in [2.05, 4.69) is 45.0 Å². The lowest BCUT2D eigenvalue weighted by molar-refractivity contribution is 0.110. The first-order valence-electron chi connectivity index (χ1n) is 10.9. The van der Waals surface area contributed by atoms with Crippen LogP contribution < -0.4 is 4.74 Å². The van der Waals surface area contributed by atoms with Gasteiger partial charge in [-0.05, 0) is 71.4 Å². The van der Waals surface area contributed by atoms with Gasteiger partial charge in [0.15, 0.2) is 0 Å². The second-order valence-electron chi connectivity index (χ2n) is 9.40. The number of hydrogen-bond acceptors (Lipinski definition) is 3. The van der Waals surface area contributed by atoms with Crippen LogP contribution in [0.4, 0.5) is 4.79 Å². The summed E-state index contributed by atoms with van der Waals surface area (Å²) in [5, 5.41) is 19.2.